The number of carbonyl (C=O) groups is 2. The molecule has 1 aliphatic heterocycles. The summed E-state index contributed by atoms with van der Waals surface area (Å²) in [5, 5.41) is 5.42. The van der Waals surface area contributed by atoms with Crippen molar-refractivity contribution in [1.82, 2.24) is 15.2 Å². The van der Waals surface area contributed by atoms with Gasteiger partial charge >= 0.3 is 6.03 Å². The van der Waals surface area contributed by atoms with Gasteiger partial charge in [0.25, 0.3) is 5.91 Å². The summed E-state index contributed by atoms with van der Waals surface area (Å²) in [5.41, 5.74) is 0.988. The molecular weight excluding hydrogens is 431 g/mol. The number of nitrogens with zero attached hydrogens (tertiary/aromatic N) is 2. The highest BCUT2D eigenvalue weighted by molar-refractivity contribution is 7.21. The fraction of sp³-hybridized carbons (Fsp3) is 0.348. The number of amides is 3. The molecule has 32 heavy (non-hydrogen) atoms. The zero-order valence-electron chi connectivity index (χ0n) is 17.4. The Balaban J connectivity index is 1.33. The van der Waals surface area contributed by atoms with Crippen LogP contribution in [-0.4, -0.2) is 41.0 Å². The van der Waals surface area contributed by atoms with Crippen LogP contribution in [0.2, 0.25) is 0 Å². The smallest absolute Gasteiger partial charge is 0.319 e. The van der Waals surface area contributed by atoms with Crippen molar-refractivity contribution < 1.29 is 18.7 Å². The van der Waals surface area contributed by atoms with Crippen molar-refractivity contribution in [2.45, 2.75) is 38.1 Å². The lowest BCUT2D eigenvalue weighted by Gasteiger charge is -2.26. The minimum Gasteiger partial charge on any atom is -0.453 e. The van der Waals surface area contributed by atoms with E-state index in [4.69, 9.17) is 4.74 Å². The lowest BCUT2D eigenvalue weighted by atomic mass is 10.1. The molecule has 3 heterocycles. The van der Waals surface area contributed by atoms with Crippen molar-refractivity contribution in [2.75, 3.05) is 18.4 Å². The second-order valence-corrected chi connectivity index (χ2v) is 9.16. The minimum atomic E-state index is -0.597. The fourth-order valence-corrected chi connectivity index (χ4v) is 4.75. The first-order valence-corrected chi connectivity index (χ1v) is 11.6. The van der Waals surface area contributed by atoms with E-state index >= 15 is 0 Å². The third-order valence-corrected chi connectivity index (χ3v) is 6.68. The maximum Gasteiger partial charge on any atom is 0.319 e. The Morgan fingerprint density at radius 2 is 1.91 bits per heavy atom. The summed E-state index contributed by atoms with van der Waals surface area (Å²) >= 11 is 1.31. The van der Waals surface area contributed by atoms with Gasteiger partial charge in [-0.3, -0.25) is 9.78 Å². The van der Waals surface area contributed by atoms with Crippen LogP contribution < -0.4 is 15.4 Å². The molecule has 0 radical (unpaired) electrons. The number of aromatic nitrogens is 1. The SMILES string of the molecule is O=C(Nc1ccc(Oc2ccnc3cc(C(=O)N4CCCCC4)sc23)c(F)c1)NC1CC1. The number of hydrogen-bond acceptors (Lipinski definition) is 5. The number of benzene rings is 1. The van der Waals surface area contributed by atoms with Gasteiger partial charge in [-0.05, 0) is 50.3 Å². The fourth-order valence-electron chi connectivity index (χ4n) is 3.71. The molecule has 0 spiro atoms. The van der Waals surface area contributed by atoms with E-state index in [1.807, 2.05) is 4.90 Å². The second-order valence-electron chi connectivity index (χ2n) is 8.11. The number of thiophene rings is 1. The lowest BCUT2D eigenvalue weighted by molar-refractivity contribution is 0.0729. The van der Waals surface area contributed by atoms with E-state index in [-0.39, 0.29) is 23.7 Å². The topological polar surface area (TPSA) is 83.6 Å². The molecule has 0 atom stereocenters. The molecule has 1 saturated heterocycles. The van der Waals surface area contributed by atoms with E-state index in [0.717, 1.165) is 45.2 Å². The predicted molar refractivity (Wildman–Crippen MR) is 121 cm³/mol. The number of hydrogen-bond donors (Lipinski definition) is 2. The highest BCUT2D eigenvalue weighted by atomic mass is 32.1. The largest absolute Gasteiger partial charge is 0.453 e. The Kier molecular flexibility index (Phi) is 5.65. The zero-order valence-corrected chi connectivity index (χ0v) is 18.2. The first kappa shape index (κ1) is 20.7. The van der Waals surface area contributed by atoms with E-state index in [1.54, 1.807) is 24.4 Å². The van der Waals surface area contributed by atoms with E-state index in [1.165, 1.54) is 23.5 Å². The van der Waals surface area contributed by atoms with Gasteiger partial charge in [-0.2, -0.15) is 0 Å². The Morgan fingerprint density at radius 1 is 1.09 bits per heavy atom. The molecule has 166 valence electrons. The molecular formula is C23H23FN4O3S. The molecule has 2 aromatic heterocycles. The monoisotopic (exact) mass is 454 g/mol. The van der Waals surface area contributed by atoms with Crippen molar-refractivity contribution in [3.63, 3.8) is 0 Å². The van der Waals surface area contributed by atoms with Crippen molar-refractivity contribution in [2.24, 2.45) is 0 Å². The number of carbonyl (C=O) groups excluding carboxylic acids is 2. The van der Waals surface area contributed by atoms with Crippen LogP contribution in [0.5, 0.6) is 11.5 Å². The highest BCUT2D eigenvalue weighted by Crippen LogP contribution is 2.36. The molecule has 2 N–H and O–H groups in total. The zero-order chi connectivity index (χ0) is 22.1. The van der Waals surface area contributed by atoms with Gasteiger partial charge in [-0.15, -0.1) is 11.3 Å². The van der Waals surface area contributed by atoms with Crippen molar-refractivity contribution >= 4 is 39.2 Å². The van der Waals surface area contributed by atoms with Crippen molar-refractivity contribution in [1.29, 1.82) is 0 Å². The molecule has 1 saturated carbocycles. The number of anilines is 1. The number of likely N-dealkylation sites (tertiary alicyclic amines) is 1. The summed E-state index contributed by atoms with van der Waals surface area (Å²) in [4.78, 5) is 31.5. The molecule has 5 rings (SSSR count). The number of pyridine rings is 1. The van der Waals surface area contributed by atoms with Crippen LogP contribution in [0.4, 0.5) is 14.9 Å². The van der Waals surface area contributed by atoms with E-state index in [0.29, 0.717) is 26.5 Å². The molecule has 2 aliphatic rings. The van der Waals surface area contributed by atoms with Crippen LogP contribution in [0, 0.1) is 5.82 Å². The van der Waals surface area contributed by atoms with Crippen LogP contribution in [-0.2, 0) is 0 Å². The molecule has 2 fully saturated rings. The molecule has 1 aromatic carbocycles. The maximum absolute atomic E-state index is 14.7. The molecule has 0 unspecified atom stereocenters. The lowest BCUT2D eigenvalue weighted by Crippen LogP contribution is -2.35. The number of halogens is 1. The minimum absolute atomic E-state index is 0.00438. The van der Waals surface area contributed by atoms with Gasteiger partial charge in [0.1, 0.15) is 5.75 Å². The van der Waals surface area contributed by atoms with Gasteiger partial charge < -0.3 is 20.3 Å². The van der Waals surface area contributed by atoms with E-state index in [9.17, 15) is 14.0 Å². The third-order valence-electron chi connectivity index (χ3n) is 5.55. The average molecular weight is 455 g/mol. The van der Waals surface area contributed by atoms with E-state index < -0.39 is 5.82 Å². The van der Waals surface area contributed by atoms with E-state index in [2.05, 4.69) is 15.6 Å². The van der Waals surface area contributed by atoms with Crippen LogP contribution >= 0.6 is 11.3 Å². The predicted octanol–water partition coefficient (Wildman–Crippen LogP) is 5.14. The second kappa shape index (κ2) is 8.74. The molecule has 0 bridgehead atoms. The van der Waals surface area contributed by atoms with Crippen LogP contribution in [0.1, 0.15) is 41.8 Å². The van der Waals surface area contributed by atoms with Gasteiger partial charge in [0.15, 0.2) is 11.6 Å². The first-order chi connectivity index (χ1) is 15.6. The average Bonchev–Trinajstić information content (AvgIpc) is 3.49. The van der Waals surface area contributed by atoms with Crippen LogP contribution in [0.25, 0.3) is 10.2 Å². The summed E-state index contributed by atoms with van der Waals surface area (Å²) in [6.45, 7) is 1.54. The molecule has 3 amide bonds. The number of fused-ring (bicyclic) bond motifs is 1. The summed E-state index contributed by atoms with van der Waals surface area (Å²) in [7, 11) is 0. The first-order valence-electron chi connectivity index (χ1n) is 10.8. The molecule has 3 aromatic rings. The summed E-state index contributed by atoms with van der Waals surface area (Å²) in [6, 6.07) is 7.58. The normalized spacial score (nSPS) is 16.1. The number of rotatable bonds is 5. The van der Waals surface area contributed by atoms with Crippen LogP contribution in [0.3, 0.4) is 0 Å². The summed E-state index contributed by atoms with van der Waals surface area (Å²) in [6.07, 6.45) is 6.73. The van der Waals surface area contributed by atoms with Gasteiger partial charge in [0.2, 0.25) is 0 Å². The molecule has 1 aliphatic carbocycles. The Hall–Kier alpha value is -3.20. The Bertz CT molecular complexity index is 1170. The molecule has 9 heteroatoms. The van der Waals surface area contributed by atoms with Gasteiger partial charge in [-0.25, -0.2) is 9.18 Å². The van der Waals surface area contributed by atoms with Crippen LogP contribution in [0.15, 0.2) is 36.5 Å². The number of urea groups is 1. The van der Waals surface area contributed by atoms with Gasteiger partial charge in [-0.1, -0.05) is 0 Å². The van der Waals surface area contributed by atoms with Gasteiger partial charge in [0.05, 0.1) is 15.1 Å². The third kappa shape index (κ3) is 4.52. The Morgan fingerprint density at radius 3 is 2.66 bits per heavy atom. The Labute approximate surface area is 188 Å². The summed E-state index contributed by atoms with van der Waals surface area (Å²) < 4.78 is 21.2. The number of piperidine rings is 1. The van der Waals surface area contributed by atoms with Gasteiger partial charge in [0, 0.05) is 43.1 Å². The number of ether oxygens (including phenoxy) is 1. The van der Waals surface area contributed by atoms with Crippen molar-refractivity contribution in [3.8, 4) is 11.5 Å². The standard InChI is InChI=1S/C23H23FN4O3S/c24-16-12-15(27-23(30)26-14-4-5-14)6-7-18(16)31-19-8-9-25-17-13-20(32-21(17)19)22(29)28-10-2-1-3-11-28/h6-9,12-14H,1-5,10-11H2,(H2,26,27,30). The molecule has 7 nitrogen and oxygen atoms in total. The maximum atomic E-state index is 14.7. The quantitative estimate of drug-likeness (QED) is 0.559. The number of nitrogens with one attached hydrogen (secondary N) is 2. The highest BCUT2D eigenvalue weighted by Gasteiger charge is 2.24. The van der Waals surface area contributed by atoms with Crippen molar-refractivity contribution in [3.05, 3.63) is 47.2 Å². The summed E-state index contributed by atoms with van der Waals surface area (Å²) in [5.74, 6) is -0.128.